The minimum Gasteiger partial charge on any atom is -0.342 e. The second-order valence-electron chi connectivity index (χ2n) is 4.96. The highest BCUT2D eigenvalue weighted by atomic mass is 32.2. The Balaban J connectivity index is 2.19. The van der Waals surface area contributed by atoms with Crippen LogP contribution in [0.1, 0.15) is 33.1 Å². The molecule has 1 unspecified atom stereocenters. The Morgan fingerprint density at radius 2 is 2.06 bits per heavy atom. The molecular weight excluding hydrogens is 246 g/mol. The molecule has 0 saturated carbocycles. The van der Waals surface area contributed by atoms with Gasteiger partial charge >= 0.3 is 0 Å². The first-order chi connectivity index (χ1) is 8.63. The third-order valence-electron chi connectivity index (χ3n) is 2.91. The number of likely N-dealkylation sites (tertiary alicyclic amines) is 1. The van der Waals surface area contributed by atoms with Gasteiger partial charge in [-0.2, -0.15) is 5.26 Å². The average molecular weight is 269 g/mol. The summed E-state index contributed by atoms with van der Waals surface area (Å²) in [7, 11) is 0. The van der Waals surface area contributed by atoms with E-state index in [1.165, 1.54) is 6.42 Å². The van der Waals surface area contributed by atoms with Crippen molar-refractivity contribution in [3.63, 3.8) is 0 Å². The Morgan fingerprint density at radius 3 is 2.61 bits per heavy atom. The average Bonchev–Trinajstić information content (AvgIpc) is 2.38. The number of nitrogens with one attached hydrogen (secondary N) is 1. The van der Waals surface area contributed by atoms with Crippen LogP contribution in [0.25, 0.3) is 0 Å². The molecule has 0 aromatic carbocycles. The molecule has 0 bridgehead atoms. The van der Waals surface area contributed by atoms with E-state index >= 15 is 0 Å². The Bertz CT molecular complexity index is 295. The molecule has 0 radical (unpaired) electrons. The monoisotopic (exact) mass is 269 g/mol. The van der Waals surface area contributed by atoms with Crippen molar-refractivity contribution in [2.75, 3.05) is 24.6 Å². The number of hydrogen-bond acceptors (Lipinski definition) is 4. The molecule has 1 aliphatic rings. The molecule has 1 rings (SSSR count). The van der Waals surface area contributed by atoms with E-state index in [0.717, 1.165) is 25.9 Å². The third kappa shape index (κ3) is 5.74. The number of amides is 1. The van der Waals surface area contributed by atoms with Gasteiger partial charge in [0.15, 0.2) is 0 Å². The predicted molar refractivity (Wildman–Crippen MR) is 75.4 cm³/mol. The third-order valence-corrected chi connectivity index (χ3v) is 3.93. The van der Waals surface area contributed by atoms with Crippen LogP contribution in [0.3, 0.4) is 0 Å². The number of carbonyl (C=O) groups is 1. The lowest BCUT2D eigenvalue weighted by Crippen LogP contribution is -2.38. The lowest BCUT2D eigenvalue weighted by Gasteiger charge is -2.26. The zero-order valence-corrected chi connectivity index (χ0v) is 12.1. The lowest BCUT2D eigenvalue weighted by molar-refractivity contribution is -0.129. The summed E-state index contributed by atoms with van der Waals surface area (Å²) in [5, 5.41) is 12.1. The second kappa shape index (κ2) is 8.39. The van der Waals surface area contributed by atoms with E-state index in [0.29, 0.717) is 17.5 Å². The van der Waals surface area contributed by atoms with E-state index in [1.54, 1.807) is 11.8 Å². The lowest BCUT2D eigenvalue weighted by atomic mass is 10.1. The van der Waals surface area contributed by atoms with Crippen LogP contribution in [0.4, 0.5) is 0 Å². The summed E-state index contributed by atoms with van der Waals surface area (Å²) in [5.41, 5.74) is 0. The highest BCUT2D eigenvalue weighted by molar-refractivity contribution is 8.00. The minimum absolute atomic E-state index is 0.163. The van der Waals surface area contributed by atoms with E-state index in [1.807, 2.05) is 18.7 Å². The number of nitrogens with zero attached hydrogens (tertiary/aromatic N) is 2. The molecule has 0 aliphatic carbocycles. The molecule has 1 fully saturated rings. The summed E-state index contributed by atoms with van der Waals surface area (Å²) in [4.78, 5) is 13.8. The first-order valence-corrected chi connectivity index (χ1v) is 7.80. The Hall–Kier alpha value is -0.730. The second-order valence-corrected chi connectivity index (χ2v) is 5.99. The van der Waals surface area contributed by atoms with Crippen molar-refractivity contribution in [2.45, 2.75) is 45.2 Å². The van der Waals surface area contributed by atoms with Gasteiger partial charge in [0.25, 0.3) is 0 Å². The van der Waals surface area contributed by atoms with Gasteiger partial charge in [0.1, 0.15) is 6.04 Å². The summed E-state index contributed by atoms with van der Waals surface area (Å²) < 4.78 is 0. The maximum Gasteiger partial charge on any atom is 0.232 e. The normalized spacial score (nSPS) is 17.6. The number of carbonyl (C=O) groups excluding carboxylic acids is 1. The first kappa shape index (κ1) is 15.3. The smallest absolute Gasteiger partial charge is 0.232 e. The fourth-order valence-electron chi connectivity index (χ4n) is 2.02. The highest BCUT2D eigenvalue weighted by Crippen LogP contribution is 2.11. The van der Waals surface area contributed by atoms with Crippen LogP contribution < -0.4 is 5.32 Å². The van der Waals surface area contributed by atoms with Gasteiger partial charge in [-0.05, 0) is 33.1 Å². The molecule has 1 heterocycles. The van der Waals surface area contributed by atoms with Gasteiger partial charge in [0.2, 0.25) is 5.91 Å². The van der Waals surface area contributed by atoms with Gasteiger partial charge in [0, 0.05) is 24.9 Å². The van der Waals surface area contributed by atoms with Crippen LogP contribution in [0.5, 0.6) is 0 Å². The van der Waals surface area contributed by atoms with Crippen molar-refractivity contribution < 1.29 is 4.79 Å². The number of thioether (sulfide) groups is 1. The first-order valence-electron chi connectivity index (χ1n) is 6.64. The molecule has 102 valence electrons. The van der Waals surface area contributed by atoms with Crippen LogP contribution in [0.2, 0.25) is 0 Å². The zero-order valence-electron chi connectivity index (χ0n) is 11.3. The van der Waals surface area contributed by atoms with Crippen molar-refractivity contribution >= 4 is 17.7 Å². The molecule has 5 heteroatoms. The SMILES string of the molecule is CC(C)NC(C#N)CSCC(=O)N1CCCCC1. The minimum atomic E-state index is -0.163. The molecular formula is C13H23N3OS. The van der Waals surface area contributed by atoms with Crippen molar-refractivity contribution in [3.05, 3.63) is 0 Å². The van der Waals surface area contributed by atoms with Gasteiger partial charge < -0.3 is 4.90 Å². The van der Waals surface area contributed by atoms with Gasteiger partial charge in [-0.15, -0.1) is 11.8 Å². The molecule has 0 spiro atoms. The zero-order chi connectivity index (χ0) is 13.4. The Kier molecular flexibility index (Phi) is 7.14. The number of nitriles is 1. The van der Waals surface area contributed by atoms with Crippen molar-refractivity contribution in [3.8, 4) is 6.07 Å². The fourth-order valence-corrected chi connectivity index (χ4v) is 2.91. The topological polar surface area (TPSA) is 56.1 Å². The van der Waals surface area contributed by atoms with E-state index in [-0.39, 0.29) is 11.9 Å². The molecule has 0 aromatic rings. The van der Waals surface area contributed by atoms with Gasteiger partial charge in [0.05, 0.1) is 11.8 Å². The largest absolute Gasteiger partial charge is 0.342 e. The summed E-state index contributed by atoms with van der Waals surface area (Å²) in [6.45, 7) is 5.86. The highest BCUT2D eigenvalue weighted by Gasteiger charge is 2.17. The predicted octanol–water partition coefficient (Wildman–Crippen LogP) is 1.62. The molecule has 1 N–H and O–H groups in total. The van der Waals surface area contributed by atoms with E-state index in [4.69, 9.17) is 5.26 Å². The number of hydrogen-bond donors (Lipinski definition) is 1. The number of rotatable bonds is 6. The van der Waals surface area contributed by atoms with E-state index in [2.05, 4.69) is 11.4 Å². The van der Waals surface area contributed by atoms with Crippen LogP contribution in [-0.2, 0) is 4.79 Å². The quantitative estimate of drug-likeness (QED) is 0.796. The maximum atomic E-state index is 11.9. The maximum absolute atomic E-state index is 11.9. The van der Waals surface area contributed by atoms with Crippen LogP contribution in [0.15, 0.2) is 0 Å². The van der Waals surface area contributed by atoms with E-state index < -0.39 is 0 Å². The van der Waals surface area contributed by atoms with Gasteiger partial charge in [-0.25, -0.2) is 0 Å². The number of piperidine rings is 1. The molecule has 1 atom stereocenters. The summed E-state index contributed by atoms with van der Waals surface area (Å²) in [6, 6.07) is 2.37. The molecule has 18 heavy (non-hydrogen) atoms. The van der Waals surface area contributed by atoms with Crippen LogP contribution >= 0.6 is 11.8 Å². The Morgan fingerprint density at radius 1 is 1.39 bits per heavy atom. The molecule has 1 saturated heterocycles. The fraction of sp³-hybridized carbons (Fsp3) is 0.846. The molecule has 0 aromatic heterocycles. The van der Waals surface area contributed by atoms with Crippen LogP contribution in [-0.4, -0.2) is 47.5 Å². The van der Waals surface area contributed by atoms with Gasteiger partial charge in [-0.3, -0.25) is 10.1 Å². The van der Waals surface area contributed by atoms with Crippen molar-refractivity contribution in [1.29, 1.82) is 5.26 Å². The van der Waals surface area contributed by atoms with Gasteiger partial charge in [-0.1, -0.05) is 0 Å². The van der Waals surface area contributed by atoms with Crippen molar-refractivity contribution in [2.24, 2.45) is 0 Å². The summed E-state index contributed by atoms with van der Waals surface area (Å²) in [5.74, 6) is 1.40. The van der Waals surface area contributed by atoms with Crippen molar-refractivity contribution in [1.82, 2.24) is 10.2 Å². The van der Waals surface area contributed by atoms with E-state index in [9.17, 15) is 4.79 Å². The molecule has 4 nitrogen and oxygen atoms in total. The summed E-state index contributed by atoms with van der Waals surface area (Å²) in [6.07, 6.45) is 3.50. The Labute approximate surface area is 114 Å². The molecule has 1 amide bonds. The molecule has 1 aliphatic heterocycles. The standard InChI is InChI=1S/C13H23N3OS/c1-11(2)15-12(8-14)9-18-10-13(17)16-6-4-3-5-7-16/h11-12,15H,3-7,9-10H2,1-2H3. The van der Waals surface area contributed by atoms with Crippen LogP contribution in [0, 0.1) is 11.3 Å². The summed E-state index contributed by atoms with van der Waals surface area (Å²) >= 11 is 1.55.